The van der Waals surface area contributed by atoms with E-state index >= 15 is 0 Å². The van der Waals surface area contributed by atoms with Gasteiger partial charge in [-0.25, -0.2) is 0 Å². The molecule has 0 aromatic heterocycles. The molecule has 0 bridgehead atoms. The maximum absolute atomic E-state index is 6.00. The van der Waals surface area contributed by atoms with Crippen LogP contribution in [0.3, 0.4) is 0 Å². The van der Waals surface area contributed by atoms with Gasteiger partial charge in [-0.15, -0.1) is 0 Å². The fourth-order valence-corrected chi connectivity index (χ4v) is 2.25. The molecule has 1 aromatic rings. The van der Waals surface area contributed by atoms with Crippen LogP contribution in [0.25, 0.3) is 0 Å². The van der Waals surface area contributed by atoms with Gasteiger partial charge in [-0.2, -0.15) is 0 Å². The minimum atomic E-state index is 0.315. The molecular formula is C12H15NO2. The van der Waals surface area contributed by atoms with Crippen LogP contribution in [-0.2, 0) is 0 Å². The van der Waals surface area contributed by atoms with E-state index in [1.807, 2.05) is 24.3 Å². The van der Waals surface area contributed by atoms with Crippen molar-refractivity contribution in [3.05, 3.63) is 24.3 Å². The Morgan fingerprint density at radius 3 is 3.00 bits per heavy atom. The zero-order valence-corrected chi connectivity index (χ0v) is 8.61. The summed E-state index contributed by atoms with van der Waals surface area (Å²) in [6, 6.07) is 7.93. The van der Waals surface area contributed by atoms with Gasteiger partial charge in [0.25, 0.3) is 0 Å². The summed E-state index contributed by atoms with van der Waals surface area (Å²) in [5.74, 6) is 2.25. The lowest BCUT2D eigenvalue weighted by Crippen LogP contribution is -2.44. The van der Waals surface area contributed by atoms with E-state index in [1.54, 1.807) is 0 Å². The van der Waals surface area contributed by atoms with Crippen molar-refractivity contribution in [2.45, 2.75) is 12.5 Å². The Hall–Kier alpha value is -1.22. The number of hydrogen-bond acceptors (Lipinski definition) is 3. The molecule has 0 spiro atoms. The third-order valence-electron chi connectivity index (χ3n) is 3.12. The van der Waals surface area contributed by atoms with E-state index in [-0.39, 0.29) is 0 Å². The molecule has 3 rings (SSSR count). The molecule has 1 N–H and O–H groups in total. The minimum Gasteiger partial charge on any atom is -0.489 e. The average Bonchev–Trinajstić information content (AvgIpc) is 2.48. The summed E-state index contributed by atoms with van der Waals surface area (Å²) in [5, 5.41) is 3.38. The summed E-state index contributed by atoms with van der Waals surface area (Å²) in [6.07, 6.45) is 1.39. The summed E-state index contributed by atoms with van der Waals surface area (Å²) in [7, 11) is 0. The molecule has 2 aliphatic rings. The SMILES string of the molecule is c1ccc2c(c1)OCC1CNCCC1O2. The molecule has 2 atom stereocenters. The van der Waals surface area contributed by atoms with Gasteiger partial charge in [0.15, 0.2) is 11.5 Å². The van der Waals surface area contributed by atoms with E-state index in [4.69, 9.17) is 9.47 Å². The third kappa shape index (κ3) is 1.67. The molecule has 1 fully saturated rings. The Labute approximate surface area is 89.4 Å². The zero-order valence-electron chi connectivity index (χ0n) is 8.61. The van der Waals surface area contributed by atoms with Gasteiger partial charge < -0.3 is 14.8 Å². The monoisotopic (exact) mass is 205 g/mol. The van der Waals surface area contributed by atoms with Crippen LogP contribution in [0.2, 0.25) is 0 Å². The Kier molecular flexibility index (Phi) is 2.25. The number of hydrogen-bond donors (Lipinski definition) is 1. The van der Waals surface area contributed by atoms with Crippen LogP contribution in [0.4, 0.5) is 0 Å². The lowest BCUT2D eigenvalue weighted by molar-refractivity contribution is 0.0931. The van der Waals surface area contributed by atoms with Crippen LogP contribution in [0.15, 0.2) is 24.3 Å². The highest BCUT2D eigenvalue weighted by Crippen LogP contribution is 2.33. The lowest BCUT2D eigenvalue weighted by atomic mass is 9.97. The topological polar surface area (TPSA) is 30.5 Å². The van der Waals surface area contributed by atoms with Crippen molar-refractivity contribution < 1.29 is 9.47 Å². The van der Waals surface area contributed by atoms with E-state index in [9.17, 15) is 0 Å². The van der Waals surface area contributed by atoms with Crippen LogP contribution < -0.4 is 14.8 Å². The Morgan fingerprint density at radius 1 is 1.20 bits per heavy atom. The minimum absolute atomic E-state index is 0.315. The fourth-order valence-electron chi connectivity index (χ4n) is 2.25. The molecule has 0 saturated carbocycles. The molecule has 0 aliphatic carbocycles. The number of para-hydroxylation sites is 2. The molecule has 0 radical (unpaired) electrons. The predicted molar refractivity (Wildman–Crippen MR) is 57.3 cm³/mol. The average molecular weight is 205 g/mol. The number of piperidine rings is 1. The van der Waals surface area contributed by atoms with Gasteiger partial charge in [0, 0.05) is 12.5 Å². The largest absolute Gasteiger partial charge is 0.489 e. The number of nitrogens with one attached hydrogen (secondary N) is 1. The Bertz CT molecular complexity index is 353. The normalized spacial score (nSPS) is 29.1. The Morgan fingerprint density at radius 2 is 2.07 bits per heavy atom. The first-order valence-electron chi connectivity index (χ1n) is 5.53. The van der Waals surface area contributed by atoms with Crippen molar-refractivity contribution in [3.8, 4) is 11.5 Å². The number of ether oxygens (including phenoxy) is 2. The highest BCUT2D eigenvalue weighted by atomic mass is 16.5. The third-order valence-corrected chi connectivity index (χ3v) is 3.12. The molecular weight excluding hydrogens is 190 g/mol. The number of rotatable bonds is 0. The van der Waals surface area contributed by atoms with E-state index < -0.39 is 0 Å². The molecule has 80 valence electrons. The van der Waals surface area contributed by atoms with Crippen LogP contribution >= 0.6 is 0 Å². The van der Waals surface area contributed by atoms with Gasteiger partial charge in [-0.3, -0.25) is 0 Å². The molecule has 3 nitrogen and oxygen atoms in total. The van der Waals surface area contributed by atoms with Crippen LogP contribution in [0.1, 0.15) is 6.42 Å². The predicted octanol–water partition coefficient (Wildman–Crippen LogP) is 1.44. The quantitative estimate of drug-likeness (QED) is 0.695. The number of benzene rings is 1. The van der Waals surface area contributed by atoms with Crippen LogP contribution in [0, 0.1) is 5.92 Å². The van der Waals surface area contributed by atoms with Crippen molar-refractivity contribution in [3.63, 3.8) is 0 Å². The maximum Gasteiger partial charge on any atom is 0.161 e. The van der Waals surface area contributed by atoms with Crippen molar-refractivity contribution in [1.82, 2.24) is 5.32 Å². The van der Waals surface area contributed by atoms with E-state index in [2.05, 4.69) is 5.32 Å². The second-order valence-corrected chi connectivity index (χ2v) is 4.17. The first-order chi connectivity index (χ1) is 7.43. The smallest absolute Gasteiger partial charge is 0.161 e. The summed E-state index contributed by atoms with van der Waals surface area (Å²) >= 11 is 0. The van der Waals surface area contributed by atoms with Gasteiger partial charge in [0.1, 0.15) is 6.10 Å². The molecule has 2 heterocycles. The van der Waals surface area contributed by atoms with Crippen LogP contribution in [0.5, 0.6) is 11.5 Å². The lowest BCUT2D eigenvalue weighted by Gasteiger charge is -2.29. The highest BCUT2D eigenvalue weighted by molar-refractivity contribution is 5.40. The summed E-state index contributed by atoms with van der Waals surface area (Å²) in [4.78, 5) is 0. The maximum atomic E-state index is 6.00. The van der Waals surface area contributed by atoms with Crippen LogP contribution in [-0.4, -0.2) is 25.8 Å². The summed E-state index contributed by atoms with van der Waals surface area (Å²) < 4.78 is 11.7. The molecule has 1 aromatic carbocycles. The first-order valence-corrected chi connectivity index (χ1v) is 5.53. The second-order valence-electron chi connectivity index (χ2n) is 4.17. The standard InChI is InChI=1S/C12H15NO2/c1-2-4-12-11(3-1)14-8-9-7-13-6-5-10(9)15-12/h1-4,9-10,13H,5-8H2. The Balaban J connectivity index is 1.88. The van der Waals surface area contributed by atoms with Crippen molar-refractivity contribution in [1.29, 1.82) is 0 Å². The summed E-state index contributed by atoms with van der Waals surface area (Å²) in [5.41, 5.74) is 0. The molecule has 15 heavy (non-hydrogen) atoms. The molecule has 1 saturated heterocycles. The highest BCUT2D eigenvalue weighted by Gasteiger charge is 2.30. The second kappa shape index (κ2) is 3.74. The van der Waals surface area contributed by atoms with Gasteiger partial charge in [0.2, 0.25) is 0 Å². The van der Waals surface area contributed by atoms with Crippen molar-refractivity contribution in [2.75, 3.05) is 19.7 Å². The fraction of sp³-hybridized carbons (Fsp3) is 0.500. The molecule has 3 heteroatoms. The molecule has 0 amide bonds. The van der Waals surface area contributed by atoms with Gasteiger partial charge in [0.05, 0.1) is 6.61 Å². The van der Waals surface area contributed by atoms with Crippen molar-refractivity contribution >= 4 is 0 Å². The molecule has 2 unspecified atom stereocenters. The first kappa shape index (κ1) is 9.04. The van der Waals surface area contributed by atoms with Crippen molar-refractivity contribution in [2.24, 2.45) is 5.92 Å². The van der Waals surface area contributed by atoms with Gasteiger partial charge in [-0.05, 0) is 25.1 Å². The van der Waals surface area contributed by atoms with E-state index in [1.165, 1.54) is 0 Å². The van der Waals surface area contributed by atoms with Gasteiger partial charge in [-0.1, -0.05) is 12.1 Å². The molecule has 2 aliphatic heterocycles. The number of fused-ring (bicyclic) bond motifs is 2. The summed E-state index contributed by atoms with van der Waals surface area (Å²) in [6.45, 7) is 2.80. The van der Waals surface area contributed by atoms with E-state index in [0.29, 0.717) is 12.0 Å². The van der Waals surface area contributed by atoms with E-state index in [0.717, 1.165) is 37.6 Å². The zero-order chi connectivity index (χ0) is 10.1. The van der Waals surface area contributed by atoms with Gasteiger partial charge >= 0.3 is 0 Å².